The summed E-state index contributed by atoms with van der Waals surface area (Å²) in [5.74, 6) is -2.40. The van der Waals surface area contributed by atoms with Crippen LogP contribution in [0.2, 0.25) is 0 Å². The highest BCUT2D eigenvalue weighted by atomic mass is 32.2. The lowest BCUT2D eigenvalue weighted by Gasteiger charge is -2.08. The Morgan fingerprint density at radius 1 is 1.25 bits per heavy atom. The number of unbranched alkanes of at least 4 members (excludes halogenated alkanes) is 3. The molecule has 0 radical (unpaired) electrons. The summed E-state index contributed by atoms with van der Waals surface area (Å²) in [5.41, 5.74) is -0.575. The third kappa shape index (κ3) is 4.03. The van der Waals surface area contributed by atoms with E-state index >= 15 is 0 Å². The van der Waals surface area contributed by atoms with Crippen LogP contribution in [0.1, 0.15) is 48.5 Å². The van der Waals surface area contributed by atoms with E-state index in [9.17, 15) is 17.6 Å². The molecule has 4 nitrogen and oxygen atoms in total. The molecule has 0 aromatic heterocycles. The van der Waals surface area contributed by atoms with E-state index < -0.39 is 27.2 Å². The van der Waals surface area contributed by atoms with Gasteiger partial charge in [0, 0.05) is 0 Å². The minimum absolute atomic E-state index is 0.0250. The standard InChI is InChI=1S/C14H19FO4S/c1-3-4-5-6-7-20(18,19)11-8-10(2)13(15)12(9-11)14(16)17/h8-9H,3-7H2,1-2H3,(H,16,17). The molecule has 1 rings (SSSR count). The molecule has 0 aliphatic carbocycles. The lowest BCUT2D eigenvalue weighted by atomic mass is 10.1. The van der Waals surface area contributed by atoms with Gasteiger partial charge in [-0.3, -0.25) is 0 Å². The average molecular weight is 302 g/mol. The largest absolute Gasteiger partial charge is 0.478 e. The van der Waals surface area contributed by atoms with Gasteiger partial charge in [0.1, 0.15) is 5.82 Å². The lowest BCUT2D eigenvalue weighted by Crippen LogP contribution is -2.11. The molecule has 0 spiro atoms. The highest BCUT2D eigenvalue weighted by molar-refractivity contribution is 7.91. The number of aryl methyl sites for hydroxylation is 1. The Kier molecular flexibility index (Phi) is 5.68. The Morgan fingerprint density at radius 2 is 1.90 bits per heavy atom. The predicted molar refractivity (Wildman–Crippen MR) is 74.3 cm³/mol. The van der Waals surface area contributed by atoms with E-state index in [2.05, 4.69) is 0 Å². The van der Waals surface area contributed by atoms with Crippen molar-refractivity contribution in [3.05, 3.63) is 29.1 Å². The van der Waals surface area contributed by atoms with Gasteiger partial charge >= 0.3 is 5.97 Å². The van der Waals surface area contributed by atoms with Gasteiger partial charge in [0.25, 0.3) is 0 Å². The molecule has 0 atom stereocenters. The Morgan fingerprint density at radius 3 is 2.45 bits per heavy atom. The Labute approximate surface area is 118 Å². The summed E-state index contributed by atoms with van der Waals surface area (Å²) in [6.07, 6.45) is 3.29. The molecule has 20 heavy (non-hydrogen) atoms. The minimum Gasteiger partial charge on any atom is -0.478 e. The Balaban J connectivity index is 3.04. The van der Waals surface area contributed by atoms with Crippen LogP contribution in [0.4, 0.5) is 4.39 Å². The van der Waals surface area contributed by atoms with E-state index in [1.807, 2.05) is 6.92 Å². The number of hydrogen-bond acceptors (Lipinski definition) is 3. The summed E-state index contributed by atoms with van der Waals surface area (Å²) >= 11 is 0. The first-order chi connectivity index (χ1) is 9.29. The number of carboxylic acids is 1. The molecule has 0 aliphatic rings. The fourth-order valence-corrected chi connectivity index (χ4v) is 3.38. The summed E-state index contributed by atoms with van der Waals surface area (Å²) in [6, 6.07) is 2.09. The molecule has 0 saturated carbocycles. The van der Waals surface area contributed by atoms with Gasteiger partial charge in [0.05, 0.1) is 16.2 Å². The molecule has 1 aromatic rings. The number of sulfone groups is 1. The molecule has 0 bridgehead atoms. The number of benzene rings is 1. The van der Waals surface area contributed by atoms with Gasteiger partial charge in [-0.25, -0.2) is 17.6 Å². The molecule has 1 aromatic carbocycles. The van der Waals surface area contributed by atoms with Crippen molar-refractivity contribution in [3.8, 4) is 0 Å². The zero-order valence-electron chi connectivity index (χ0n) is 11.6. The van der Waals surface area contributed by atoms with Crippen molar-refractivity contribution < 1.29 is 22.7 Å². The van der Waals surface area contributed by atoms with Crippen LogP contribution in [-0.2, 0) is 9.84 Å². The number of carboxylic acid groups (broad SMARTS) is 1. The molecule has 0 saturated heterocycles. The molecule has 0 aliphatic heterocycles. The van der Waals surface area contributed by atoms with Gasteiger partial charge < -0.3 is 5.11 Å². The topological polar surface area (TPSA) is 71.4 Å². The summed E-state index contributed by atoms with van der Waals surface area (Å²) in [5, 5.41) is 8.89. The summed E-state index contributed by atoms with van der Waals surface area (Å²) in [6.45, 7) is 3.38. The SMILES string of the molecule is CCCCCCS(=O)(=O)c1cc(C)c(F)c(C(=O)O)c1. The predicted octanol–water partition coefficient (Wildman–Crippen LogP) is 3.19. The number of rotatable bonds is 7. The zero-order valence-corrected chi connectivity index (χ0v) is 12.5. The normalized spacial score (nSPS) is 11.6. The van der Waals surface area contributed by atoms with E-state index in [1.165, 1.54) is 13.0 Å². The second-order valence-electron chi connectivity index (χ2n) is 4.79. The van der Waals surface area contributed by atoms with Crippen molar-refractivity contribution in [2.45, 2.75) is 44.4 Å². The van der Waals surface area contributed by atoms with Crippen LogP contribution in [0.5, 0.6) is 0 Å². The molecule has 0 fully saturated rings. The third-order valence-electron chi connectivity index (χ3n) is 3.08. The molecule has 0 heterocycles. The van der Waals surface area contributed by atoms with Crippen LogP contribution in [-0.4, -0.2) is 25.2 Å². The molecule has 1 N–H and O–H groups in total. The maximum Gasteiger partial charge on any atom is 0.338 e. The number of hydrogen-bond donors (Lipinski definition) is 1. The monoisotopic (exact) mass is 302 g/mol. The first-order valence-electron chi connectivity index (χ1n) is 6.55. The van der Waals surface area contributed by atoms with Crippen molar-refractivity contribution >= 4 is 15.8 Å². The number of aromatic carboxylic acids is 1. The fraction of sp³-hybridized carbons (Fsp3) is 0.500. The number of halogens is 1. The number of carbonyl (C=O) groups is 1. The van der Waals surface area contributed by atoms with E-state index in [4.69, 9.17) is 5.11 Å². The third-order valence-corrected chi connectivity index (χ3v) is 4.86. The highest BCUT2D eigenvalue weighted by Gasteiger charge is 2.21. The Hall–Kier alpha value is -1.43. The van der Waals surface area contributed by atoms with E-state index in [0.29, 0.717) is 6.42 Å². The van der Waals surface area contributed by atoms with Crippen molar-refractivity contribution in [2.75, 3.05) is 5.75 Å². The van der Waals surface area contributed by atoms with Gasteiger partial charge in [-0.1, -0.05) is 26.2 Å². The molecular weight excluding hydrogens is 283 g/mol. The van der Waals surface area contributed by atoms with Crippen LogP contribution in [0, 0.1) is 12.7 Å². The quantitative estimate of drug-likeness (QED) is 0.620. The van der Waals surface area contributed by atoms with Crippen molar-refractivity contribution in [2.24, 2.45) is 0 Å². The van der Waals surface area contributed by atoms with Crippen LogP contribution in [0.25, 0.3) is 0 Å². The molecular formula is C14H19FO4S. The van der Waals surface area contributed by atoms with Gasteiger partial charge in [-0.05, 0) is 31.0 Å². The molecule has 0 unspecified atom stereocenters. The second kappa shape index (κ2) is 6.83. The summed E-state index contributed by atoms with van der Waals surface area (Å²) in [4.78, 5) is 10.8. The highest BCUT2D eigenvalue weighted by Crippen LogP contribution is 2.21. The lowest BCUT2D eigenvalue weighted by molar-refractivity contribution is 0.0691. The van der Waals surface area contributed by atoms with E-state index in [-0.39, 0.29) is 16.2 Å². The van der Waals surface area contributed by atoms with Crippen molar-refractivity contribution in [3.63, 3.8) is 0 Å². The van der Waals surface area contributed by atoms with E-state index in [1.54, 1.807) is 0 Å². The van der Waals surface area contributed by atoms with Crippen molar-refractivity contribution in [1.29, 1.82) is 0 Å². The Bertz CT molecular complexity index is 593. The average Bonchev–Trinajstić information content (AvgIpc) is 2.37. The van der Waals surface area contributed by atoms with Gasteiger partial charge in [0.15, 0.2) is 9.84 Å². The maximum absolute atomic E-state index is 13.6. The van der Waals surface area contributed by atoms with Crippen LogP contribution in [0.3, 0.4) is 0 Å². The van der Waals surface area contributed by atoms with Gasteiger partial charge in [-0.2, -0.15) is 0 Å². The minimum atomic E-state index is -3.57. The smallest absolute Gasteiger partial charge is 0.338 e. The summed E-state index contributed by atoms with van der Waals surface area (Å²) in [7, 11) is -3.57. The second-order valence-corrected chi connectivity index (χ2v) is 6.90. The summed E-state index contributed by atoms with van der Waals surface area (Å²) < 4.78 is 37.8. The maximum atomic E-state index is 13.6. The molecule has 0 amide bonds. The van der Waals surface area contributed by atoms with Crippen molar-refractivity contribution in [1.82, 2.24) is 0 Å². The van der Waals surface area contributed by atoms with Crippen LogP contribution < -0.4 is 0 Å². The molecule has 112 valence electrons. The van der Waals surface area contributed by atoms with Crippen LogP contribution >= 0.6 is 0 Å². The van der Waals surface area contributed by atoms with E-state index in [0.717, 1.165) is 25.3 Å². The van der Waals surface area contributed by atoms with Gasteiger partial charge in [-0.15, -0.1) is 0 Å². The molecule has 6 heteroatoms. The zero-order chi connectivity index (χ0) is 15.3. The first-order valence-corrected chi connectivity index (χ1v) is 8.21. The fourth-order valence-electron chi connectivity index (χ4n) is 1.91. The van der Waals surface area contributed by atoms with Gasteiger partial charge in [0.2, 0.25) is 0 Å². The first kappa shape index (κ1) is 16.6. The van der Waals surface area contributed by atoms with Crippen LogP contribution in [0.15, 0.2) is 17.0 Å².